The zero-order chi connectivity index (χ0) is 24.2. The first-order valence-electron chi connectivity index (χ1n) is 13.8. The number of carbonyl (C=O) groups is 1. The van der Waals surface area contributed by atoms with Crippen molar-refractivity contribution in [3.63, 3.8) is 0 Å². The smallest absolute Gasteiger partial charge is 0.360 e. The molecule has 0 radical (unpaired) electrons. The van der Waals surface area contributed by atoms with Gasteiger partial charge in [0.15, 0.2) is 6.54 Å². The Labute approximate surface area is 203 Å². The van der Waals surface area contributed by atoms with Crippen molar-refractivity contribution in [2.24, 2.45) is 10.7 Å². The van der Waals surface area contributed by atoms with E-state index in [0.717, 1.165) is 18.7 Å². The van der Waals surface area contributed by atoms with Crippen molar-refractivity contribution in [1.82, 2.24) is 0 Å². The summed E-state index contributed by atoms with van der Waals surface area (Å²) < 4.78 is 0.171. The lowest BCUT2D eigenvalue weighted by Crippen LogP contribution is -2.59. The van der Waals surface area contributed by atoms with E-state index in [1.807, 2.05) is 13.1 Å². The number of aliphatic imine (C=N–C) groups is 1. The Balaban J connectivity index is 1.93. The highest BCUT2D eigenvalue weighted by Crippen LogP contribution is 2.23. The highest BCUT2D eigenvalue weighted by molar-refractivity contribution is 5.81. The zero-order valence-corrected chi connectivity index (χ0v) is 21.6. The van der Waals surface area contributed by atoms with E-state index >= 15 is 0 Å². The Morgan fingerprint density at radius 1 is 0.909 bits per heavy atom. The first-order chi connectivity index (χ1) is 16.0. The lowest BCUT2D eigenvalue weighted by Gasteiger charge is -2.34. The number of carboxylic acids is 1. The van der Waals surface area contributed by atoms with E-state index in [1.54, 1.807) is 6.20 Å². The normalized spacial score (nSPS) is 18.8. The number of nitrogens with zero attached hydrogens (tertiary/aromatic N) is 2. The van der Waals surface area contributed by atoms with Crippen LogP contribution in [0.25, 0.3) is 0 Å². The van der Waals surface area contributed by atoms with Gasteiger partial charge in [0.25, 0.3) is 0 Å². The molecule has 0 fully saturated rings. The Morgan fingerprint density at radius 3 is 1.88 bits per heavy atom. The van der Waals surface area contributed by atoms with Crippen LogP contribution in [-0.4, -0.2) is 34.1 Å². The number of aliphatic carboxylic acids is 1. The fourth-order valence-corrected chi connectivity index (χ4v) is 4.65. The van der Waals surface area contributed by atoms with Crippen molar-refractivity contribution in [3.05, 3.63) is 24.6 Å². The molecule has 0 aromatic carbocycles. The standard InChI is InChI=1S/C28H51N3O2/c1-3-4-5-6-7-8-9-10-11-12-13-14-15-16-17-18-19-20-21-22-27-30-23-24-31(27,26(2)29)25-28(32)33/h8-9,23-24,26H,3-7,10-22,25,29H2,1-2H3/p+1/b9-8+. The lowest BCUT2D eigenvalue weighted by atomic mass is 10.0. The van der Waals surface area contributed by atoms with Crippen LogP contribution in [0, 0.1) is 0 Å². The molecule has 0 amide bonds. The SMILES string of the molecule is CCCCCC/C=C/CCCCCCCCCCCCCC1=NC=C[N+]1(CC(=O)O)C(C)N. The highest BCUT2D eigenvalue weighted by atomic mass is 16.4. The van der Waals surface area contributed by atoms with Crippen molar-refractivity contribution in [2.75, 3.05) is 6.54 Å². The number of hydrogen-bond acceptors (Lipinski definition) is 3. The van der Waals surface area contributed by atoms with Crippen LogP contribution in [0.4, 0.5) is 0 Å². The average Bonchev–Trinajstić information content (AvgIpc) is 3.18. The maximum absolute atomic E-state index is 11.3. The van der Waals surface area contributed by atoms with Crippen LogP contribution < -0.4 is 5.73 Å². The van der Waals surface area contributed by atoms with Gasteiger partial charge in [-0.25, -0.2) is 14.3 Å². The summed E-state index contributed by atoms with van der Waals surface area (Å²) in [5.74, 6) is 0.0615. The second-order valence-electron chi connectivity index (χ2n) is 9.81. The summed E-state index contributed by atoms with van der Waals surface area (Å²) in [6, 6.07) is 0. The third-order valence-electron chi connectivity index (χ3n) is 6.82. The molecule has 1 heterocycles. The number of quaternary nitrogens is 1. The van der Waals surface area contributed by atoms with Gasteiger partial charge < -0.3 is 5.11 Å². The molecular weight excluding hydrogens is 410 g/mol. The third kappa shape index (κ3) is 13.1. The fourth-order valence-electron chi connectivity index (χ4n) is 4.65. The van der Waals surface area contributed by atoms with Gasteiger partial charge >= 0.3 is 5.97 Å². The molecule has 33 heavy (non-hydrogen) atoms. The molecule has 2 atom stereocenters. The number of amidine groups is 1. The Morgan fingerprint density at radius 2 is 1.39 bits per heavy atom. The fraction of sp³-hybridized carbons (Fsp3) is 0.786. The highest BCUT2D eigenvalue weighted by Gasteiger charge is 2.40. The molecular formula is C28H52N3O2+. The predicted molar refractivity (Wildman–Crippen MR) is 141 cm³/mol. The molecule has 0 spiro atoms. The Kier molecular flexibility index (Phi) is 16.9. The van der Waals surface area contributed by atoms with Gasteiger partial charge in [-0.3, -0.25) is 5.73 Å². The molecule has 0 bridgehead atoms. The zero-order valence-electron chi connectivity index (χ0n) is 21.6. The summed E-state index contributed by atoms with van der Waals surface area (Å²) in [5.41, 5.74) is 6.12. The lowest BCUT2D eigenvalue weighted by molar-refractivity contribution is -0.805. The number of allylic oxidation sites excluding steroid dienone is 2. The molecule has 2 unspecified atom stereocenters. The molecule has 1 aliphatic rings. The van der Waals surface area contributed by atoms with Crippen molar-refractivity contribution >= 4 is 11.8 Å². The van der Waals surface area contributed by atoms with Crippen LogP contribution in [-0.2, 0) is 4.79 Å². The summed E-state index contributed by atoms with van der Waals surface area (Å²) in [6.07, 6.45) is 31.2. The summed E-state index contributed by atoms with van der Waals surface area (Å²) >= 11 is 0. The molecule has 190 valence electrons. The van der Waals surface area contributed by atoms with E-state index < -0.39 is 5.97 Å². The van der Waals surface area contributed by atoms with Crippen molar-refractivity contribution in [1.29, 1.82) is 0 Å². The number of carboxylic acid groups (broad SMARTS) is 1. The monoisotopic (exact) mass is 462 g/mol. The predicted octanol–water partition coefficient (Wildman–Crippen LogP) is 7.67. The molecule has 0 aliphatic carbocycles. The first-order valence-corrected chi connectivity index (χ1v) is 13.8. The van der Waals surface area contributed by atoms with Crippen LogP contribution >= 0.6 is 0 Å². The van der Waals surface area contributed by atoms with Gasteiger partial charge in [-0.05, 0) is 32.1 Å². The Hall–Kier alpha value is -1.46. The van der Waals surface area contributed by atoms with E-state index in [9.17, 15) is 9.90 Å². The minimum Gasteiger partial charge on any atom is -0.477 e. The summed E-state index contributed by atoms with van der Waals surface area (Å²) in [4.78, 5) is 15.7. The summed E-state index contributed by atoms with van der Waals surface area (Å²) in [5, 5.41) is 9.28. The van der Waals surface area contributed by atoms with Gasteiger partial charge in [-0.1, -0.05) is 96.1 Å². The van der Waals surface area contributed by atoms with Gasteiger partial charge in [-0.2, -0.15) is 0 Å². The quantitative estimate of drug-likeness (QED) is 0.0984. The molecule has 5 heteroatoms. The number of nitrogens with two attached hydrogens (primary N) is 1. The van der Waals surface area contributed by atoms with Crippen LogP contribution in [0.2, 0.25) is 0 Å². The van der Waals surface area contributed by atoms with Crippen molar-refractivity contribution in [3.8, 4) is 0 Å². The number of hydrogen-bond donors (Lipinski definition) is 2. The molecule has 0 saturated heterocycles. The van der Waals surface area contributed by atoms with Crippen LogP contribution in [0.1, 0.15) is 129 Å². The topological polar surface area (TPSA) is 75.7 Å². The minimum absolute atomic E-state index is 0.0250. The van der Waals surface area contributed by atoms with Gasteiger partial charge in [0.05, 0.1) is 6.20 Å². The maximum Gasteiger partial charge on any atom is 0.360 e. The van der Waals surface area contributed by atoms with Crippen LogP contribution in [0.5, 0.6) is 0 Å². The van der Waals surface area contributed by atoms with Gasteiger partial charge in [0.2, 0.25) is 5.84 Å². The maximum atomic E-state index is 11.3. The summed E-state index contributed by atoms with van der Waals surface area (Å²) in [7, 11) is 0. The average molecular weight is 463 g/mol. The van der Waals surface area contributed by atoms with Gasteiger partial charge in [0, 0.05) is 13.3 Å². The number of unbranched alkanes of at least 4 members (excludes halogenated alkanes) is 15. The molecule has 0 aromatic rings. The molecule has 0 saturated carbocycles. The van der Waals surface area contributed by atoms with E-state index in [1.165, 1.54) is 103 Å². The van der Waals surface area contributed by atoms with Crippen molar-refractivity contribution in [2.45, 2.75) is 136 Å². The second kappa shape index (κ2) is 18.9. The largest absolute Gasteiger partial charge is 0.477 e. The molecule has 1 rings (SSSR count). The minimum atomic E-state index is -0.837. The van der Waals surface area contributed by atoms with Gasteiger partial charge in [0.1, 0.15) is 12.4 Å². The van der Waals surface area contributed by atoms with Gasteiger partial charge in [-0.15, -0.1) is 0 Å². The van der Waals surface area contributed by atoms with E-state index in [2.05, 4.69) is 24.1 Å². The molecule has 3 N–H and O–H groups in total. The molecule has 1 aliphatic heterocycles. The van der Waals surface area contributed by atoms with E-state index in [-0.39, 0.29) is 17.2 Å². The van der Waals surface area contributed by atoms with Crippen LogP contribution in [0.15, 0.2) is 29.5 Å². The second-order valence-corrected chi connectivity index (χ2v) is 9.81. The van der Waals surface area contributed by atoms with Crippen LogP contribution in [0.3, 0.4) is 0 Å². The summed E-state index contributed by atoms with van der Waals surface area (Å²) in [6.45, 7) is 4.10. The van der Waals surface area contributed by atoms with E-state index in [0.29, 0.717) is 0 Å². The number of rotatable bonds is 22. The first kappa shape index (κ1) is 29.6. The Bertz CT molecular complexity index is 598. The molecule has 5 nitrogen and oxygen atoms in total. The van der Waals surface area contributed by atoms with Crippen molar-refractivity contribution < 1.29 is 14.4 Å². The molecule has 0 aromatic heterocycles. The third-order valence-corrected chi connectivity index (χ3v) is 6.82. The van der Waals surface area contributed by atoms with E-state index in [4.69, 9.17) is 5.73 Å².